The molecule has 45 heavy (non-hydrogen) atoms. The fourth-order valence-corrected chi connectivity index (χ4v) is 6.22. The molecule has 0 aliphatic rings. The van der Waals surface area contributed by atoms with Gasteiger partial charge in [-0.2, -0.15) is 0 Å². The van der Waals surface area contributed by atoms with Crippen molar-refractivity contribution < 1.29 is 20.1 Å². The van der Waals surface area contributed by atoms with Crippen molar-refractivity contribution in [2.45, 2.75) is 231 Å². The van der Waals surface area contributed by atoms with Gasteiger partial charge >= 0.3 is 0 Å². The van der Waals surface area contributed by atoms with Crippen molar-refractivity contribution in [1.82, 2.24) is 5.32 Å². The third-order valence-corrected chi connectivity index (χ3v) is 9.37. The highest BCUT2D eigenvalue weighted by Crippen LogP contribution is 2.16. The van der Waals surface area contributed by atoms with Crippen LogP contribution in [0.2, 0.25) is 0 Å². The van der Waals surface area contributed by atoms with E-state index in [2.05, 4.69) is 31.3 Å². The van der Waals surface area contributed by atoms with E-state index in [4.69, 9.17) is 0 Å². The van der Waals surface area contributed by atoms with E-state index in [1.807, 2.05) is 0 Å². The van der Waals surface area contributed by atoms with Gasteiger partial charge in [-0.1, -0.05) is 180 Å². The lowest BCUT2D eigenvalue weighted by Gasteiger charge is -2.26. The predicted molar refractivity (Wildman–Crippen MR) is 195 cm³/mol. The maximum absolute atomic E-state index is 12.4. The molecular weight excluding hydrogens is 558 g/mol. The number of carbonyl (C=O) groups is 1. The minimum Gasteiger partial charge on any atom is -0.394 e. The van der Waals surface area contributed by atoms with Crippen LogP contribution in [0.4, 0.5) is 0 Å². The minimum atomic E-state index is -1.15. The molecule has 0 aliphatic carbocycles. The van der Waals surface area contributed by atoms with Gasteiger partial charge in [0.25, 0.3) is 0 Å². The van der Waals surface area contributed by atoms with Crippen molar-refractivity contribution >= 4 is 5.91 Å². The molecule has 0 unspecified atom stereocenters. The topological polar surface area (TPSA) is 89.8 Å². The summed E-state index contributed by atoms with van der Waals surface area (Å²) in [6.07, 6.45) is 40.3. The number of hydrogen-bond donors (Lipinski definition) is 4. The fourth-order valence-electron chi connectivity index (χ4n) is 6.22. The lowest BCUT2D eigenvalue weighted by Crippen LogP contribution is -2.50. The number of amides is 1. The number of carbonyl (C=O) groups excluding carboxylic acids is 1. The molecule has 0 aromatic heterocycles. The van der Waals surface area contributed by atoms with Crippen LogP contribution < -0.4 is 5.32 Å². The zero-order valence-electron chi connectivity index (χ0n) is 30.3. The summed E-state index contributed by atoms with van der Waals surface area (Å²) in [7, 11) is 0. The van der Waals surface area contributed by atoms with E-state index in [-0.39, 0.29) is 12.5 Å². The van der Waals surface area contributed by atoms with Gasteiger partial charge in [-0.05, 0) is 38.5 Å². The van der Waals surface area contributed by atoms with Crippen LogP contribution in [0.25, 0.3) is 0 Å². The highest BCUT2D eigenvalue weighted by molar-refractivity contribution is 5.76. The molecule has 5 heteroatoms. The van der Waals surface area contributed by atoms with Gasteiger partial charge in [-0.25, -0.2) is 0 Å². The Bertz CT molecular complexity index is 625. The van der Waals surface area contributed by atoms with Crippen LogP contribution in [0.3, 0.4) is 0 Å². The molecule has 0 rings (SSSR count). The molecular formula is C40H79NO4. The molecule has 0 saturated heterocycles. The number of unbranched alkanes of at least 4 members (excludes halogenated alkanes) is 26. The van der Waals surface area contributed by atoms with Crippen molar-refractivity contribution in [3.8, 4) is 0 Å². The maximum Gasteiger partial charge on any atom is 0.220 e. The second-order valence-corrected chi connectivity index (χ2v) is 13.8. The Kier molecular flexibility index (Phi) is 35.2. The van der Waals surface area contributed by atoms with Gasteiger partial charge in [0.15, 0.2) is 0 Å². The number of rotatable bonds is 36. The Balaban J connectivity index is 3.64. The lowest BCUT2D eigenvalue weighted by atomic mass is 10.0. The molecule has 0 bridgehead atoms. The van der Waals surface area contributed by atoms with Crippen LogP contribution in [0.15, 0.2) is 12.2 Å². The van der Waals surface area contributed by atoms with Crippen LogP contribution in [-0.4, -0.2) is 46.1 Å². The maximum atomic E-state index is 12.4. The average Bonchev–Trinajstić information content (AvgIpc) is 3.04. The van der Waals surface area contributed by atoms with Gasteiger partial charge in [0, 0.05) is 6.42 Å². The first kappa shape index (κ1) is 44.1. The first-order valence-electron chi connectivity index (χ1n) is 20.0. The zero-order chi connectivity index (χ0) is 33.1. The largest absolute Gasteiger partial charge is 0.394 e. The van der Waals surface area contributed by atoms with Crippen molar-refractivity contribution in [3.63, 3.8) is 0 Å². The smallest absolute Gasteiger partial charge is 0.220 e. The predicted octanol–water partition coefficient (Wildman–Crippen LogP) is 10.9. The first-order chi connectivity index (χ1) is 22.1. The number of aliphatic hydroxyl groups is 3. The van der Waals surface area contributed by atoms with Crippen molar-refractivity contribution in [3.05, 3.63) is 12.2 Å². The van der Waals surface area contributed by atoms with E-state index in [1.165, 1.54) is 148 Å². The second-order valence-electron chi connectivity index (χ2n) is 13.8. The van der Waals surface area contributed by atoms with Crippen LogP contribution >= 0.6 is 0 Å². The summed E-state index contributed by atoms with van der Waals surface area (Å²) in [4.78, 5) is 12.4. The van der Waals surface area contributed by atoms with Crippen LogP contribution in [0.1, 0.15) is 213 Å². The summed E-state index contributed by atoms with van der Waals surface area (Å²) < 4.78 is 0. The van der Waals surface area contributed by atoms with Gasteiger partial charge < -0.3 is 20.6 Å². The van der Waals surface area contributed by atoms with Gasteiger partial charge in [0.05, 0.1) is 18.8 Å². The van der Waals surface area contributed by atoms with Crippen molar-refractivity contribution in [2.24, 2.45) is 0 Å². The number of nitrogens with one attached hydrogen (secondary N) is 1. The average molecular weight is 638 g/mol. The molecule has 0 spiro atoms. The monoisotopic (exact) mass is 638 g/mol. The van der Waals surface area contributed by atoms with Gasteiger partial charge in [0.2, 0.25) is 5.91 Å². The molecule has 0 radical (unpaired) electrons. The van der Waals surface area contributed by atoms with E-state index in [0.29, 0.717) is 12.8 Å². The SMILES string of the molecule is CCCCCCCCC/C=C\CCC[C@@H](O)[C@@H](O)[C@H](CO)NC(=O)CCCCCCCCCCCCCCCCCCCCC. The molecule has 3 atom stereocenters. The number of allylic oxidation sites excluding steroid dienone is 2. The highest BCUT2D eigenvalue weighted by Gasteiger charge is 2.26. The minimum absolute atomic E-state index is 0.152. The summed E-state index contributed by atoms with van der Waals surface area (Å²) in [6, 6.07) is -0.819. The molecule has 5 nitrogen and oxygen atoms in total. The third-order valence-electron chi connectivity index (χ3n) is 9.37. The molecule has 268 valence electrons. The number of aliphatic hydroxyl groups excluding tert-OH is 3. The quantitative estimate of drug-likeness (QED) is 0.0406. The Morgan fingerprint density at radius 1 is 0.533 bits per heavy atom. The van der Waals surface area contributed by atoms with E-state index in [0.717, 1.165) is 38.5 Å². The highest BCUT2D eigenvalue weighted by atomic mass is 16.3. The Morgan fingerprint density at radius 2 is 0.889 bits per heavy atom. The number of hydrogen-bond acceptors (Lipinski definition) is 4. The van der Waals surface area contributed by atoms with Gasteiger partial charge in [0.1, 0.15) is 6.10 Å². The van der Waals surface area contributed by atoms with E-state index in [9.17, 15) is 20.1 Å². The molecule has 0 heterocycles. The Labute approximate surface area is 280 Å². The van der Waals surface area contributed by atoms with E-state index in [1.54, 1.807) is 0 Å². The molecule has 4 N–H and O–H groups in total. The van der Waals surface area contributed by atoms with Crippen LogP contribution in [0, 0.1) is 0 Å². The molecule has 1 amide bonds. The third kappa shape index (κ3) is 31.5. The van der Waals surface area contributed by atoms with Crippen LogP contribution in [0.5, 0.6) is 0 Å². The summed E-state index contributed by atoms with van der Waals surface area (Å²) in [6.45, 7) is 4.16. The van der Waals surface area contributed by atoms with Gasteiger partial charge in [-0.15, -0.1) is 0 Å². The zero-order valence-corrected chi connectivity index (χ0v) is 30.3. The Morgan fingerprint density at radius 3 is 1.29 bits per heavy atom. The fraction of sp³-hybridized carbons (Fsp3) is 0.925. The second kappa shape index (κ2) is 35.9. The summed E-state index contributed by atoms with van der Waals surface area (Å²) in [5.41, 5.74) is 0. The summed E-state index contributed by atoms with van der Waals surface area (Å²) >= 11 is 0. The molecule has 0 aromatic rings. The molecule has 0 aromatic carbocycles. The van der Waals surface area contributed by atoms with E-state index < -0.39 is 18.2 Å². The lowest BCUT2D eigenvalue weighted by molar-refractivity contribution is -0.124. The molecule has 0 aliphatic heterocycles. The molecule has 0 fully saturated rings. The van der Waals surface area contributed by atoms with E-state index >= 15 is 0 Å². The van der Waals surface area contributed by atoms with Crippen LogP contribution in [-0.2, 0) is 4.79 Å². The Hall–Kier alpha value is -0.910. The standard InChI is InChI=1S/C40H79NO4/c1-3-5-7-9-11-13-15-17-18-19-20-21-22-23-25-27-29-31-33-35-39(44)41-37(36-42)40(45)38(43)34-32-30-28-26-24-16-14-12-10-8-6-4-2/h26,28,37-38,40,42-43,45H,3-25,27,29-36H2,1-2H3,(H,41,44)/b28-26-/t37-,38+,40-/m0/s1. The van der Waals surface area contributed by atoms with Crippen molar-refractivity contribution in [1.29, 1.82) is 0 Å². The first-order valence-corrected chi connectivity index (χ1v) is 20.0. The summed E-state index contributed by atoms with van der Waals surface area (Å²) in [5, 5.41) is 33.3. The van der Waals surface area contributed by atoms with Gasteiger partial charge in [-0.3, -0.25) is 4.79 Å². The van der Waals surface area contributed by atoms with Crippen molar-refractivity contribution in [2.75, 3.05) is 6.61 Å². The summed E-state index contributed by atoms with van der Waals surface area (Å²) in [5.74, 6) is -0.152. The normalized spacial score (nSPS) is 13.8. The molecule has 0 saturated carbocycles.